The zero-order chi connectivity index (χ0) is 18.1. The number of Topliss-reactive ketones (excluding diaryl/α,β-unsaturated/α-hetero) is 2. The highest BCUT2D eigenvalue weighted by Gasteiger charge is 2.10. The van der Waals surface area contributed by atoms with Crippen molar-refractivity contribution < 1.29 is 14.3 Å². The van der Waals surface area contributed by atoms with E-state index in [0.717, 1.165) is 29.9 Å². The highest BCUT2D eigenvalue weighted by Crippen LogP contribution is 2.23. The molecule has 2 aromatic carbocycles. The van der Waals surface area contributed by atoms with Crippen molar-refractivity contribution in [1.82, 2.24) is 0 Å². The Bertz CT molecular complexity index is 684. The van der Waals surface area contributed by atoms with Crippen molar-refractivity contribution in [1.29, 1.82) is 0 Å². The van der Waals surface area contributed by atoms with Gasteiger partial charge < -0.3 is 4.74 Å². The molecule has 0 aliphatic carbocycles. The standard InChI is InChI=1S/C22H26O3/c1-3-5-6-15-25-21-13-11-18(12-14-21)17-7-9-19(10-8-17)22(24)16-20(23)4-2/h7-14H,3-6,15-16H2,1-2H3. The van der Waals surface area contributed by atoms with E-state index in [2.05, 4.69) is 6.92 Å². The summed E-state index contributed by atoms with van der Waals surface area (Å²) >= 11 is 0. The zero-order valence-electron chi connectivity index (χ0n) is 15.1. The lowest BCUT2D eigenvalue weighted by Gasteiger charge is -2.08. The molecule has 0 saturated heterocycles. The van der Waals surface area contributed by atoms with E-state index in [1.54, 1.807) is 19.1 Å². The number of ether oxygens (including phenoxy) is 1. The highest BCUT2D eigenvalue weighted by molar-refractivity contribution is 6.08. The Morgan fingerprint density at radius 3 is 2.00 bits per heavy atom. The molecule has 0 heterocycles. The predicted molar refractivity (Wildman–Crippen MR) is 101 cm³/mol. The molecule has 0 bridgehead atoms. The Hall–Kier alpha value is -2.42. The minimum absolute atomic E-state index is 0.0140. The number of carbonyl (C=O) groups excluding carboxylic acids is 2. The van der Waals surface area contributed by atoms with E-state index < -0.39 is 0 Å². The first-order valence-corrected chi connectivity index (χ1v) is 9.02. The van der Waals surface area contributed by atoms with Gasteiger partial charge in [-0.3, -0.25) is 9.59 Å². The summed E-state index contributed by atoms with van der Waals surface area (Å²) in [5.74, 6) is 0.738. The Morgan fingerprint density at radius 2 is 1.44 bits per heavy atom. The van der Waals surface area contributed by atoms with Crippen LogP contribution in [-0.4, -0.2) is 18.2 Å². The molecule has 2 rings (SSSR count). The first kappa shape index (κ1) is 18.9. The van der Waals surface area contributed by atoms with Crippen LogP contribution in [0.25, 0.3) is 11.1 Å². The number of carbonyl (C=O) groups is 2. The molecule has 0 spiro atoms. The van der Waals surface area contributed by atoms with Gasteiger partial charge in [-0.2, -0.15) is 0 Å². The molecule has 132 valence electrons. The van der Waals surface area contributed by atoms with Gasteiger partial charge in [0.05, 0.1) is 13.0 Å². The van der Waals surface area contributed by atoms with Crippen molar-refractivity contribution >= 4 is 11.6 Å². The summed E-state index contributed by atoms with van der Waals surface area (Å²) in [6.45, 7) is 4.70. The first-order valence-electron chi connectivity index (χ1n) is 9.02. The third-order valence-corrected chi connectivity index (χ3v) is 4.16. The van der Waals surface area contributed by atoms with Gasteiger partial charge in [0.15, 0.2) is 5.78 Å². The van der Waals surface area contributed by atoms with Gasteiger partial charge in [0.1, 0.15) is 11.5 Å². The Balaban J connectivity index is 1.97. The zero-order valence-corrected chi connectivity index (χ0v) is 15.1. The van der Waals surface area contributed by atoms with E-state index in [1.165, 1.54) is 12.8 Å². The van der Waals surface area contributed by atoms with Gasteiger partial charge in [0.2, 0.25) is 0 Å². The molecule has 0 aliphatic rings. The van der Waals surface area contributed by atoms with Crippen LogP contribution in [0.3, 0.4) is 0 Å². The molecule has 25 heavy (non-hydrogen) atoms. The monoisotopic (exact) mass is 338 g/mol. The van der Waals surface area contributed by atoms with Gasteiger partial charge in [-0.25, -0.2) is 0 Å². The lowest BCUT2D eigenvalue weighted by molar-refractivity contribution is -0.117. The van der Waals surface area contributed by atoms with Crippen LogP contribution in [0.2, 0.25) is 0 Å². The highest BCUT2D eigenvalue weighted by atomic mass is 16.5. The number of benzene rings is 2. The Morgan fingerprint density at radius 1 is 0.840 bits per heavy atom. The molecule has 0 saturated carbocycles. The maximum atomic E-state index is 12.0. The quantitative estimate of drug-likeness (QED) is 0.327. The van der Waals surface area contributed by atoms with Crippen LogP contribution in [0.1, 0.15) is 56.3 Å². The van der Waals surface area contributed by atoms with Crippen LogP contribution < -0.4 is 4.74 Å². The third kappa shape index (κ3) is 5.86. The molecule has 0 amide bonds. The van der Waals surface area contributed by atoms with Gasteiger partial charge in [0.25, 0.3) is 0 Å². The summed E-state index contributed by atoms with van der Waals surface area (Å²) in [6, 6.07) is 15.4. The van der Waals surface area contributed by atoms with E-state index in [0.29, 0.717) is 12.0 Å². The summed E-state index contributed by atoms with van der Waals surface area (Å²) in [5.41, 5.74) is 2.70. The van der Waals surface area contributed by atoms with Gasteiger partial charge in [-0.1, -0.05) is 63.1 Å². The molecule has 0 N–H and O–H groups in total. The van der Waals surface area contributed by atoms with E-state index in [4.69, 9.17) is 4.74 Å². The van der Waals surface area contributed by atoms with Gasteiger partial charge >= 0.3 is 0 Å². The van der Waals surface area contributed by atoms with Gasteiger partial charge in [-0.15, -0.1) is 0 Å². The van der Waals surface area contributed by atoms with Crippen LogP contribution in [0.15, 0.2) is 48.5 Å². The first-order chi connectivity index (χ1) is 12.1. The molecule has 2 aromatic rings. The third-order valence-electron chi connectivity index (χ3n) is 4.16. The average Bonchev–Trinajstić information content (AvgIpc) is 2.65. The molecule has 0 atom stereocenters. The molecule has 0 radical (unpaired) electrons. The molecule has 0 unspecified atom stereocenters. The summed E-state index contributed by atoms with van der Waals surface area (Å²) in [5, 5.41) is 0. The summed E-state index contributed by atoms with van der Waals surface area (Å²) < 4.78 is 5.72. The SMILES string of the molecule is CCCCCOc1ccc(-c2ccc(C(=O)CC(=O)CC)cc2)cc1. The van der Waals surface area contributed by atoms with E-state index in [-0.39, 0.29) is 18.0 Å². The minimum atomic E-state index is -0.116. The average molecular weight is 338 g/mol. The Kier molecular flexibility index (Phi) is 7.39. The molecular weight excluding hydrogens is 312 g/mol. The predicted octanol–water partition coefficient (Wildman–Crippen LogP) is 5.47. The maximum absolute atomic E-state index is 12.0. The fraction of sp³-hybridized carbons (Fsp3) is 0.364. The van der Waals surface area contributed by atoms with E-state index in [9.17, 15) is 9.59 Å². The largest absolute Gasteiger partial charge is 0.494 e. The minimum Gasteiger partial charge on any atom is -0.494 e. The Labute approximate surface area is 150 Å². The van der Waals surface area contributed by atoms with Crippen LogP contribution in [-0.2, 0) is 4.79 Å². The van der Waals surface area contributed by atoms with Crippen molar-refractivity contribution in [3.8, 4) is 16.9 Å². The lowest BCUT2D eigenvalue weighted by atomic mass is 10.0. The molecule has 0 aromatic heterocycles. The number of unbranched alkanes of at least 4 members (excludes halogenated alkanes) is 2. The van der Waals surface area contributed by atoms with Gasteiger partial charge in [0, 0.05) is 12.0 Å². The number of hydrogen-bond donors (Lipinski definition) is 0. The molecule has 3 heteroatoms. The fourth-order valence-electron chi connectivity index (χ4n) is 2.54. The second-order valence-corrected chi connectivity index (χ2v) is 6.15. The lowest BCUT2D eigenvalue weighted by Crippen LogP contribution is -2.06. The smallest absolute Gasteiger partial charge is 0.170 e. The molecule has 0 aliphatic heterocycles. The topological polar surface area (TPSA) is 43.4 Å². The number of rotatable bonds is 10. The van der Waals surface area contributed by atoms with Crippen LogP contribution in [0, 0.1) is 0 Å². The summed E-state index contributed by atoms with van der Waals surface area (Å²) in [4.78, 5) is 23.4. The molecular formula is C22H26O3. The van der Waals surface area contributed by atoms with E-state index >= 15 is 0 Å². The van der Waals surface area contributed by atoms with Crippen LogP contribution in [0.5, 0.6) is 5.75 Å². The second-order valence-electron chi connectivity index (χ2n) is 6.15. The fourth-order valence-corrected chi connectivity index (χ4v) is 2.54. The number of ketones is 2. The number of hydrogen-bond acceptors (Lipinski definition) is 3. The van der Waals surface area contributed by atoms with Crippen molar-refractivity contribution in [2.24, 2.45) is 0 Å². The summed E-state index contributed by atoms with van der Waals surface area (Å²) in [7, 11) is 0. The van der Waals surface area contributed by atoms with Crippen molar-refractivity contribution in [2.75, 3.05) is 6.61 Å². The molecule has 3 nitrogen and oxygen atoms in total. The molecule has 0 fully saturated rings. The van der Waals surface area contributed by atoms with Crippen molar-refractivity contribution in [3.05, 3.63) is 54.1 Å². The van der Waals surface area contributed by atoms with Crippen molar-refractivity contribution in [2.45, 2.75) is 46.0 Å². The normalized spacial score (nSPS) is 10.5. The summed E-state index contributed by atoms with van der Waals surface area (Å²) in [6.07, 6.45) is 3.84. The van der Waals surface area contributed by atoms with E-state index in [1.807, 2.05) is 36.4 Å². The van der Waals surface area contributed by atoms with Crippen LogP contribution >= 0.6 is 0 Å². The van der Waals surface area contributed by atoms with Crippen LogP contribution in [0.4, 0.5) is 0 Å². The maximum Gasteiger partial charge on any atom is 0.170 e. The van der Waals surface area contributed by atoms with Gasteiger partial charge in [-0.05, 0) is 29.7 Å². The van der Waals surface area contributed by atoms with Crippen molar-refractivity contribution in [3.63, 3.8) is 0 Å². The second kappa shape index (κ2) is 9.77.